The number of hydrogen-bond donors (Lipinski definition) is 1. The van der Waals surface area contributed by atoms with Crippen molar-refractivity contribution in [3.63, 3.8) is 0 Å². The first-order chi connectivity index (χ1) is 9.45. The monoisotopic (exact) mass is 319 g/mol. The number of rotatable bonds is 3. The smallest absolute Gasteiger partial charge is 0.461 e. The van der Waals surface area contributed by atoms with Crippen LogP contribution in [0.1, 0.15) is 23.0 Å². The molecule has 118 valence electrons. The summed E-state index contributed by atoms with van der Waals surface area (Å²) < 4.78 is 82.2. The Kier molecular flexibility index (Phi) is 4.54. The summed E-state index contributed by atoms with van der Waals surface area (Å²) in [7, 11) is 0. The predicted molar refractivity (Wildman–Crippen MR) is 54.7 cm³/mol. The van der Waals surface area contributed by atoms with E-state index in [4.69, 9.17) is 0 Å². The van der Waals surface area contributed by atoms with Gasteiger partial charge in [-0.15, -0.1) is 13.2 Å². The van der Waals surface area contributed by atoms with Gasteiger partial charge in [-0.1, -0.05) is 0 Å². The standard InChI is InChI=1S/C10H7F6NO4/c1-2-20-8(19)7-6(9(11,12)13)4(3-5(18)17-7)21-10(14,15)16/h3H,2H2,1H3,(H,17,18). The fourth-order valence-electron chi connectivity index (χ4n) is 1.38. The van der Waals surface area contributed by atoms with Crippen LogP contribution in [0.5, 0.6) is 5.75 Å². The van der Waals surface area contributed by atoms with Gasteiger partial charge >= 0.3 is 18.5 Å². The summed E-state index contributed by atoms with van der Waals surface area (Å²) in [5.41, 5.74) is -4.92. The normalized spacial score (nSPS) is 12.1. The largest absolute Gasteiger partial charge is 0.573 e. The van der Waals surface area contributed by atoms with E-state index in [1.807, 2.05) is 0 Å². The molecule has 1 aromatic heterocycles. The molecule has 0 fully saturated rings. The number of esters is 1. The molecule has 0 atom stereocenters. The van der Waals surface area contributed by atoms with Crippen molar-refractivity contribution >= 4 is 5.97 Å². The predicted octanol–water partition coefficient (Wildman–Crippen LogP) is 2.47. The molecule has 1 N–H and O–H groups in total. The minimum Gasteiger partial charge on any atom is -0.461 e. The number of alkyl halides is 6. The highest BCUT2D eigenvalue weighted by Crippen LogP contribution is 2.39. The van der Waals surface area contributed by atoms with Gasteiger partial charge in [0.1, 0.15) is 17.0 Å². The summed E-state index contributed by atoms with van der Waals surface area (Å²) in [6.45, 7) is 0.919. The average Bonchev–Trinajstić information content (AvgIpc) is 2.23. The number of halogens is 6. The summed E-state index contributed by atoms with van der Waals surface area (Å²) in [4.78, 5) is 24.0. The fraction of sp³-hybridized carbons (Fsp3) is 0.400. The molecule has 0 aliphatic heterocycles. The lowest BCUT2D eigenvalue weighted by atomic mass is 10.1. The second kappa shape index (κ2) is 5.66. The van der Waals surface area contributed by atoms with Crippen molar-refractivity contribution < 1.29 is 40.6 Å². The third kappa shape index (κ3) is 4.39. The lowest BCUT2D eigenvalue weighted by Gasteiger charge is -2.17. The first-order valence-electron chi connectivity index (χ1n) is 5.23. The molecule has 0 saturated heterocycles. The van der Waals surface area contributed by atoms with E-state index in [0.29, 0.717) is 0 Å². The van der Waals surface area contributed by atoms with Crippen LogP contribution in [0.2, 0.25) is 0 Å². The number of hydrogen-bond acceptors (Lipinski definition) is 4. The SMILES string of the molecule is CCOC(=O)c1[nH]c(=O)cc(OC(F)(F)F)c1C(F)(F)F. The molecule has 0 aliphatic carbocycles. The van der Waals surface area contributed by atoms with Gasteiger partial charge in [0.2, 0.25) is 0 Å². The minimum atomic E-state index is -5.47. The second-order valence-electron chi connectivity index (χ2n) is 3.51. The topological polar surface area (TPSA) is 68.4 Å². The Morgan fingerprint density at radius 1 is 1.24 bits per heavy atom. The molecular weight excluding hydrogens is 312 g/mol. The van der Waals surface area contributed by atoms with Crippen LogP contribution < -0.4 is 10.3 Å². The van der Waals surface area contributed by atoms with Crippen molar-refractivity contribution in [3.8, 4) is 5.75 Å². The van der Waals surface area contributed by atoms with E-state index < -0.39 is 41.1 Å². The van der Waals surface area contributed by atoms with Gasteiger partial charge in [0, 0.05) is 6.07 Å². The van der Waals surface area contributed by atoms with Crippen LogP contribution in [0.4, 0.5) is 26.3 Å². The maximum Gasteiger partial charge on any atom is 0.573 e. The minimum absolute atomic E-state index is 0.0565. The molecule has 1 aromatic rings. The molecule has 5 nitrogen and oxygen atoms in total. The highest BCUT2D eigenvalue weighted by Gasteiger charge is 2.43. The zero-order chi connectivity index (χ0) is 16.4. The molecule has 21 heavy (non-hydrogen) atoms. The number of nitrogens with one attached hydrogen (secondary N) is 1. The van der Waals surface area contributed by atoms with Crippen molar-refractivity contribution in [2.45, 2.75) is 19.5 Å². The van der Waals surface area contributed by atoms with Crippen LogP contribution in [-0.2, 0) is 10.9 Å². The second-order valence-corrected chi connectivity index (χ2v) is 3.51. The number of carbonyl (C=O) groups is 1. The molecule has 1 rings (SSSR count). The summed E-state index contributed by atoms with van der Waals surface area (Å²) in [6.07, 6.45) is -10.9. The van der Waals surface area contributed by atoms with Gasteiger partial charge < -0.3 is 14.5 Å². The van der Waals surface area contributed by atoms with Gasteiger partial charge in [-0.2, -0.15) is 13.2 Å². The maximum atomic E-state index is 12.8. The van der Waals surface area contributed by atoms with Gasteiger partial charge in [0.05, 0.1) is 6.61 Å². The van der Waals surface area contributed by atoms with Crippen molar-refractivity contribution in [2.75, 3.05) is 6.61 Å². The molecule has 0 spiro atoms. The maximum absolute atomic E-state index is 12.8. The molecule has 1 heterocycles. The van der Waals surface area contributed by atoms with Crippen LogP contribution in [-0.4, -0.2) is 23.9 Å². The number of aromatic nitrogens is 1. The molecule has 0 saturated carbocycles. The van der Waals surface area contributed by atoms with E-state index in [9.17, 15) is 35.9 Å². The van der Waals surface area contributed by atoms with E-state index >= 15 is 0 Å². The van der Waals surface area contributed by atoms with Crippen LogP contribution in [0.25, 0.3) is 0 Å². The molecule has 0 aromatic carbocycles. The molecule has 0 radical (unpaired) electrons. The first-order valence-corrected chi connectivity index (χ1v) is 5.23. The Morgan fingerprint density at radius 3 is 2.24 bits per heavy atom. The lowest BCUT2D eigenvalue weighted by molar-refractivity contribution is -0.276. The van der Waals surface area contributed by atoms with E-state index in [-0.39, 0.29) is 12.7 Å². The highest BCUT2D eigenvalue weighted by molar-refractivity contribution is 5.89. The third-order valence-electron chi connectivity index (χ3n) is 2.00. The third-order valence-corrected chi connectivity index (χ3v) is 2.00. The highest BCUT2D eigenvalue weighted by atomic mass is 19.4. The molecule has 0 unspecified atom stereocenters. The van der Waals surface area contributed by atoms with Crippen LogP contribution in [0, 0.1) is 0 Å². The van der Waals surface area contributed by atoms with Gasteiger partial charge in [-0.3, -0.25) is 4.79 Å². The van der Waals surface area contributed by atoms with E-state index in [2.05, 4.69) is 9.47 Å². The van der Waals surface area contributed by atoms with Gasteiger partial charge in [0.15, 0.2) is 0 Å². The Labute approximate surface area is 112 Å². The molecule has 0 bridgehead atoms. The zero-order valence-corrected chi connectivity index (χ0v) is 10.2. The van der Waals surface area contributed by atoms with Crippen LogP contribution in [0.15, 0.2) is 10.9 Å². The number of ether oxygens (including phenoxy) is 2. The number of carbonyl (C=O) groups excluding carboxylic acids is 1. The van der Waals surface area contributed by atoms with Gasteiger partial charge in [-0.05, 0) is 6.92 Å². The van der Waals surface area contributed by atoms with E-state index in [0.717, 1.165) is 0 Å². The lowest BCUT2D eigenvalue weighted by Crippen LogP contribution is -2.26. The van der Waals surface area contributed by atoms with Crippen molar-refractivity contribution in [1.82, 2.24) is 4.98 Å². The van der Waals surface area contributed by atoms with Crippen molar-refractivity contribution in [3.05, 3.63) is 27.7 Å². The van der Waals surface area contributed by atoms with E-state index in [1.165, 1.54) is 11.9 Å². The van der Waals surface area contributed by atoms with Crippen molar-refractivity contribution in [1.29, 1.82) is 0 Å². The van der Waals surface area contributed by atoms with Gasteiger partial charge in [-0.25, -0.2) is 4.79 Å². The van der Waals surface area contributed by atoms with Crippen molar-refractivity contribution in [2.24, 2.45) is 0 Å². The average molecular weight is 319 g/mol. The summed E-state index contributed by atoms with van der Waals surface area (Å²) in [5.74, 6) is -3.46. The number of pyridine rings is 1. The van der Waals surface area contributed by atoms with Gasteiger partial charge in [0.25, 0.3) is 5.56 Å². The van der Waals surface area contributed by atoms with E-state index in [1.54, 1.807) is 0 Å². The number of aromatic amines is 1. The van der Waals surface area contributed by atoms with Crippen LogP contribution >= 0.6 is 0 Å². The first kappa shape index (κ1) is 16.9. The molecular formula is C10H7F6NO4. The molecule has 0 amide bonds. The summed E-state index contributed by atoms with van der Waals surface area (Å²) >= 11 is 0. The Morgan fingerprint density at radius 2 is 1.81 bits per heavy atom. The molecule has 0 aliphatic rings. The number of H-pyrrole nitrogens is 1. The zero-order valence-electron chi connectivity index (χ0n) is 10.2. The quantitative estimate of drug-likeness (QED) is 0.686. The Balaban J connectivity index is 3.57. The molecule has 11 heteroatoms. The Hall–Kier alpha value is -2.20. The fourth-order valence-corrected chi connectivity index (χ4v) is 1.38. The summed E-state index contributed by atoms with van der Waals surface area (Å²) in [6, 6.07) is -0.0565. The van der Waals surface area contributed by atoms with Crippen LogP contribution in [0.3, 0.4) is 0 Å². The summed E-state index contributed by atoms with van der Waals surface area (Å²) in [5, 5.41) is 0. The Bertz CT molecular complexity index is 589.